The fourth-order valence-corrected chi connectivity index (χ4v) is 3.66. The second kappa shape index (κ2) is 6.91. The number of fused-ring (bicyclic) bond motifs is 1. The number of aliphatic carboxylic acids is 1. The molecular weight excluding hydrogens is 327 g/mol. The summed E-state index contributed by atoms with van der Waals surface area (Å²) in [7, 11) is 0. The Labute approximate surface area is 153 Å². The Morgan fingerprint density at radius 1 is 1.08 bits per heavy atom. The fraction of sp³-hybridized carbons (Fsp3) is 0.261. The van der Waals surface area contributed by atoms with E-state index >= 15 is 0 Å². The molecule has 0 radical (unpaired) electrons. The number of hydrogen-bond donors (Lipinski definition) is 1. The van der Waals surface area contributed by atoms with E-state index in [0.717, 1.165) is 27.8 Å². The molecule has 26 heavy (non-hydrogen) atoms. The largest absolute Gasteiger partial charge is 0.481 e. The highest BCUT2D eigenvalue weighted by Gasteiger charge is 2.27. The van der Waals surface area contributed by atoms with E-state index in [2.05, 4.69) is 38.1 Å². The van der Waals surface area contributed by atoms with Crippen LogP contribution in [0.25, 0.3) is 16.7 Å². The van der Waals surface area contributed by atoms with Crippen LogP contribution in [0, 0.1) is 5.82 Å². The normalized spacial score (nSPS) is 15.5. The van der Waals surface area contributed by atoms with Crippen molar-refractivity contribution in [3.8, 4) is 0 Å². The van der Waals surface area contributed by atoms with Gasteiger partial charge in [0.2, 0.25) is 0 Å². The second-order valence-electron chi connectivity index (χ2n) is 7.14. The lowest BCUT2D eigenvalue weighted by molar-refractivity contribution is -0.135. The van der Waals surface area contributed by atoms with Gasteiger partial charge in [-0.25, -0.2) is 4.39 Å². The Kier molecular flexibility index (Phi) is 4.82. The van der Waals surface area contributed by atoms with Crippen LogP contribution in [-0.4, -0.2) is 11.1 Å². The van der Waals surface area contributed by atoms with E-state index in [0.29, 0.717) is 17.1 Å². The van der Waals surface area contributed by atoms with E-state index in [-0.39, 0.29) is 12.2 Å². The Balaban J connectivity index is 2.17. The van der Waals surface area contributed by atoms with E-state index in [1.54, 1.807) is 6.07 Å². The van der Waals surface area contributed by atoms with Gasteiger partial charge in [0.25, 0.3) is 0 Å². The molecule has 0 fully saturated rings. The standard InChI is InChI=1S/C23H23FO2/c1-13(2)16-5-7-17(8-6-16)14(3)23-15(4)20(12-22(25)26)21-11-18(24)9-10-19(21)23/h5-11,13H,12H2,1-4H3,(H,25,26)/b23-14-. The summed E-state index contributed by atoms with van der Waals surface area (Å²) < 4.78 is 13.8. The zero-order valence-electron chi connectivity index (χ0n) is 15.6. The molecule has 0 unspecified atom stereocenters. The number of carbonyl (C=O) groups is 1. The summed E-state index contributed by atoms with van der Waals surface area (Å²) >= 11 is 0. The predicted octanol–water partition coefficient (Wildman–Crippen LogP) is 6.14. The Bertz CT molecular complexity index is 931. The van der Waals surface area contributed by atoms with Gasteiger partial charge in [-0.1, -0.05) is 44.2 Å². The average molecular weight is 350 g/mol. The van der Waals surface area contributed by atoms with Crippen LogP contribution in [0.5, 0.6) is 0 Å². The van der Waals surface area contributed by atoms with Crippen LogP contribution in [0.15, 0.2) is 48.0 Å². The van der Waals surface area contributed by atoms with Gasteiger partial charge in [0.15, 0.2) is 0 Å². The topological polar surface area (TPSA) is 37.3 Å². The molecule has 3 rings (SSSR count). The van der Waals surface area contributed by atoms with Gasteiger partial charge in [-0.05, 0) is 76.4 Å². The summed E-state index contributed by atoms with van der Waals surface area (Å²) in [5.41, 5.74) is 7.66. The van der Waals surface area contributed by atoms with Crippen LogP contribution in [0.4, 0.5) is 4.39 Å². The Morgan fingerprint density at radius 3 is 2.31 bits per heavy atom. The van der Waals surface area contributed by atoms with Crippen molar-refractivity contribution in [3.05, 3.63) is 76.1 Å². The molecule has 2 nitrogen and oxygen atoms in total. The molecule has 0 aliphatic heterocycles. The SMILES string of the molecule is CC1=C(CC(=O)O)c2cc(F)ccc2/C1=C(/C)c1ccc(C(C)C)cc1. The summed E-state index contributed by atoms with van der Waals surface area (Å²) in [4.78, 5) is 11.3. The summed E-state index contributed by atoms with van der Waals surface area (Å²) in [5, 5.41) is 9.27. The lowest BCUT2D eigenvalue weighted by Crippen LogP contribution is -1.97. The lowest BCUT2D eigenvalue weighted by Gasteiger charge is -2.12. The minimum absolute atomic E-state index is 0.106. The Hall–Kier alpha value is -2.68. The molecule has 0 saturated heterocycles. The van der Waals surface area contributed by atoms with Gasteiger partial charge in [-0.3, -0.25) is 4.79 Å². The molecule has 1 aliphatic carbocycles. The molecule has 2 aromatic rings. The number of allylic oxidation sites excluding steroid dienone is 3. The van der Waals surface area contributed by atoms with Crippen molar-refractivity contribution in [1.29, 1.82) is 0 Å². The minimum Gasteiger partial charge on any atom is -0.481 e. The number of carboxylic acid groups (broad SMARTS) is 1. The summed E-state index contributed by atoms with van der Waals surface area (Å²) in [5.74, 6) is -0.787. The first kappa shape index (κ1) is 18.1. The van der Waals surface area contributed by atoms with Gasteiger partial charge < -0.3 is 5.11 Å². The Morgan fingerprint density at radius 2 is 1.73 bits per heavy atom. The molecule has 3 heteroatoms. The third-order valence-electron chi connectivity index (χ3n) is 5.12. The highest BCUT2D eigenvalue weighted by atomic mass is 19.1. The van der Waals surface area contributed by atoms with Gasteiger partial charge in [-0.15, -0.1) is 0 Å². The molecule has 0 atom stereocenters. The molecule has 0 amide bonds. The monoisotopic (exact) mass is 350 g/mol. The molecule has 1 N–H and O–H groups in total. The molecule has 0 heterocycles. The summed E-state index contributed by atoms with van der Waals surface area (Å²) in [6, 6.07) is 13.1. The van der Waals surface area contributed by atoms with Gasteiger partial charge in [0, 0.05) is 0 Å². The first-order valence-electron chi connectivity index (χ1n) is 8.83. The maximum Gasteiger partial charge on any atom is 0.307 e. The fourth-order valence-electron chi connectivity index (χ4n) is 3.66. The smallest absolute Gasteiger partial charge is 0.307 e. The summed E-state index contributed by atoms with van der Waals surface area (Å²) in [6.07, 6.45) is -0.106. The van der Waals surface area contributed by atoms with E-state index in [4.69, 9.17) is 0 Å². The van der Waals surface area contributed by atoms with Crippen molar-refractivity contribution in [2.75, 3.05) is 0 Å². The molecule has 134 valence electrons. The van der Waals surface area contributed by atoms with Crippen LogP contribution < -0.4 is 0 Å². The number of benzene rings is 2. The zero-order valence-corrected chi connectivity index (χ0v) is 15.6. The third kappa shape index (κ3) is 3.22. The van der Waals surface area contributed by atoms with E-state index in [1.165, 1.54) is 17.7 Å². The van der Waals surface area contributed by atoms with Gasteiger partial charge in [0.05, 0.1) is 6.42 Å². The number of hydrogen-bond acceptors (Lipinski definition) is 1. The number of rotatable bonds is 4. The predicted molar refractivity (Wildman–Crippen MR) is 104 cm³/mol. The third-order valence-corrected chi connectivity index (χ3v) is 5.12. The highest BCUT2D eigenvalue weighted by Crippen LogP contribution is 2.46. The minimum atomic E-state index is -0.908. The molecular formula is C23H23FO2. The van der Waals surface area contributed by atoms with Crippen molar-refractivity contribution < 1.29 is 14.3 Å². The molecule has 0 saturated carbocycles. The van der Waals surface area contributed by atoms with Gasteiger partial charge in [-0.2, -0.15) is 0 Å². The number of halogens is 1. The molecule has 1 aliphatic rings. The van der Waals surface area contributed by atoms with E-state index in [9.17, 15) is 14.3 Å². The van der Waals surface area contributed by atoms with Crippen LogP contribution in [0.2, 0.25) is 0 Å². The second-order valence-corrected chi connectivity index (χ2v) is 7.14. The van der Waals surface area contributed by atoms with E-state index < -0.39 is 5.97 Å². The summed E-state index contributed by atoms with van der Waals surface area (Å²) in [6.45, 7) is 8.29. The molecule has 0 bridgehead atoms. The first-order chi connectivity index (χ1) is 12.3. The number of carboxylic acids is 1. The maximum atomic E-state index is 13.8. The van der Waals surface area contributed by atoms with Crippen LogP contribution in [0.1, 0.15) is 62.3 Å². The highest BCUT2D eigenvalue weighted by molar-refractivity contribution is 6.10. The first-order valence-corrected chi connectivity index (χ1v) is 8.83. The van der Waals surface area contributed by atoms with Crippen molar-refractivity contribution in [3.63, 3.8) is 0 Å². The maximum absolute atomic E-state index is 13.8. The quantitative estimate of drug-likeness (QED) is 0.719. The van der Waals surface area contributed by atoms with Crippen LogP contribution in [-0.2, 0) is 4.79 Å². The van der Waals surface area contributed by atoms with Crippen molar-refractivity contribution in [1.82, 2.24) is 0 Å². The lowest BCUT2D eigenvalue weighted by atomic mass is 9.92. The average Bonchev–Trinajstić information content (AvgIpc) is 2.85. The zero-order chi connectivity index (χ0) is 19.0. The van der Waals surface area contributed by atoms with Crippen LogP contribution in [0.3, 0.4) is 0 Å². The van der Waals surface area contributed by atoms with Crippen molar-refractivity contribution in [2.45, 2.75) is 40.0 Å². The molecule has 0 spiro atoms. The van der Waals surface area contributed by atoms with Gasteiger partial charge >= 0.3 is 5.97 Å². The van der Waals surface area contributed by atoms with Gasteiger partial charge in [0.1, 0.15) is 5.82 Å². The van der Waals surface area contributed by atoms with E-state index in [1.807, 2.05) is 13.8 Å². The molecule has 0 aromatic heterocycles. The molecule has 2 aromatic carbocycles. The van der Waals surface area contributed by atoms with Crippen molar-refractivity contribution in [2.24, 2.45) is 0 Å². The van der Waals surface area contributed by atoms with Crippen LogP contribution >= 0.6 is 0 Å². The van der Waals surface area contributed by atoms with Crippen molar-refractivity contribution >= 4 is 22.7 Å².